The molecule has 168 valence electrons. The van der Waals surface area contributed by atoms with Crippen LogP contribution in [0.2, 0.25) is 0 Å². The minimum atomic E-state index is -3.03. The summed E-state index contributed by atoms with van der Waals surface area (Å²) in [5, 5.41) is 3.75. The molecule has 0 saturated carbocycles. The molecular formula is C21H19ClF3N5O2. The maximum atomic E-state index is 14.6. The number of anilines is 2. The summed E-state index contributed by atoms with van der Waals surface area (Å²) >= 11 is 5.64. The number of halogens is 4. The number of nitrogens with one attached hydrogen (secondary N) is 1. The minimum absolute atomic E-state index is 0.0871. The molecule has 1 atom stereocenters. The van der Waals surface area contributed by atoms with Crippen molar-refractivity contribution in [1.82, 2.24) is 9.97 Å². The van der Waals surface area contributed by atoms with E-state index in [4.69, 9.17) is 26.8 Å². The van der Waals surface area contributed by atoms with Crippen LogP contribution in [0.25, 0.3) is 10.9 Å². The molecule has 7 nitrogen and oxygen atoms in total. The number of alkyl halides is 3. The van der Waals surface area contributed by atoms with Gasteiger partial charge in [-0.1, -0.05) is 0 Å². The average Bonchev–Trinajstić information content (AvgIpc) is 2.78. The number of nitrogens with two attached hydrogens (primary N) is 1. The van der Waals surface area contributed by atoms with Crippen molar-refractivity contribution in [3.63, 3.8) is 0 Å². The monoisotopic (exact) mass is 465 g/mol. The highest BCUT2D eigenvalue weighted by Crippen LogP contribution is 2.38. The van der Waals surface area contributed by atoms with E-state index in [0.29, 0.717) is 35.3 Å². The van der Waals surface area contributed by atoms with E-state index in [0.717, 1.165) is 11.5 Å². The van der Waals surface area contributed by atoms with Gasteiger partial charge in [0.1, 0.15) is 36.1 Å². The van der Waals surface area contributed by atoms with Crippen LogP contribution < -0.4 is 15.8 Å². The Morgan fingerprint density at radius 1 is 1.25 bits per heavy atom. The number of fused-ring (bicyclic) bond motifs is 1. The van der Waals surface area contributed by atoms with Crippen molar-refractivity contribution < 1.29 is 22.6 Å². The van der Waals surface area contributed by atoms with Crippen molar-refractivity contribution in [2.45, 2.75) is 12.0 Å². The summed E-state index contributed by atoms with van der Waals surface area (Å²) in [5.74, 6) is 0.280. The van der Waals surface area contributed by atoms with Crippen LogP contribution in [0.15, 0.2) is 47.7 Å². The van der Waals surface area contributed by atoms with Crippen molar-refractivity contribution in [2.75, 3.05) is 31.0 Å². The number of aliphatic imine (C=N–C) groups is 1. The highest BCUT2D eigenvalue weighted by Gasteiger charge is 2.46. The molecule has 0 aliphatic carbocycles. The summed E-state index contributed by atoms with van der Waals surface area (Å²) in [6, 6.07) is 7.28. The summed E-state index contributed by atoms with van der Waals surface area (Å²) in [5.41, 5.74) is 3.90. The van der Waals surface area contributed by atoms with Crippen molar-refractivity contribution in [3.8, 4) is 5.75 Å². The first kappa shape index (κ1) is 22.1. The Hall–Kier alpha value is -3.11. The predicted octanol–water partition coefficient (Wildman–Crippen LogP) is 3.98. The Labute approximate surface area is 186 Å². The Morgan fingerprint density at radius 2 is 2.09 bits per heavy atom. The highest BCUT2D eigenvalue weighted by atomic mass is 35.5. The molecule has 0 saturated heterocycles. The third-order valence-electron chi connectivity index (χ3n) is 4.89. The molecule has 4 rings (SSSR count). The fraction of sp³-hybridized carbons (Fsp3) is 0.286. The third-order valence-corrected chi connectivity index (χ3v) is 5.05. The number of rotatable bonds is 7. The molecular weight excluding hydrogens is 447 g/mol. The number of hydrogen-bond acceptors (Lipinski definition) is 7. The average molecular weight is 466 g/mol. The molecule has 1 aliphatic heterocycles. The van der Waals surface area contributed by atoms with Crippen LogP contribution in [0, 0.1) is 5.82 Å². The zero-order chi connectivity index (χ0) is 22.7. The zero-order valence-electron chi connectivity index (χ0n) is 16.7. The molecule has 3 heterocycles. The molecule has 0 amide bonds. The number of amidine groups is 1. The van der Waals surface area contributed by atoms with Gasteiger partial charge in [-0.05, 0) is 30.3 Å². The smallest absolute Gasteiger partial charge is 0.269 e. The molecule has 0 bridgehead atoms. The summed E-state index contributed by atoms with van der Waals surface area (Å²) in [7, 11) is 0. The Bertz CT molecular complexity index is 1160. The maximum absolute atomic E-state index is 14.6. The second-order valence-corrected chi connectivity index (χ2v) is 7.46. The van der Waals surface area contributed by atoms with Gasteiger partial charge in [-0.25, -0.2) is 23.1 Å². The largest absolute Gasteiger partial charge is 0.491 e. The molecule has 0 spiro atoms. The van der Waals surface area contributed by atoms with Gasteiger partial charge in [0.15, 0.2) is 11.4 Å². The van der Waals surface area contributed by atoms with Crippen LogP contribution in [-0.4, -0.2) is 47.9 Å². The van der Waals surface area contributed by atoms with E-state index in [1.165, 1.54) is 18.3 Å². The van der Waals surface area contributed by atoms with Crippen molar-refractivity contribution in [2.24, 2.45) is 10.7 Å². The van der Waals surface area contributed by atoms with E-state index in [2.05, 4.69) is 20.3 Å². The number of pyridine rings is 2. The van der Waals surface area contributed by atoms with Crippen LogP contribution >= 0.6 is 11.6 Å². The lowest BCUT2D eigenvalue weighted by Gasteiger charge is -2.33. The van der Waals surface area contributed by atoms with Crippen LogP contribution in [0.1, 0.15) is 5.56 Å². The standard InChI is InChI=1S/C21H19ClF3N5O2/c22-4-6-32-14-7-12-3-5-27-19(18(12)28-9-14)29-13-1-2-16(23)15(8-13)21(20(24)25)11-31-10-17(26)30-21/h1-3,5,7-9,20H,4,6,10-11H2,(H2,26,30)(H,27,29). The van der Waals surface area contributed by atoms with Gasteiger partial charge in [-0.15, -0.1) is 11.6 Å². The van der Waals surface area contributed by atoms with Gasteiger partial charge in [-0.2, -0.15) is 0 Å². The number of ether oxygens (including phenoxy) is 2. The normalized spacial score (nSPS) is 18.6. The van der Waals surface area contributed by atoms with Crippen molar-refractivity contribution in [1.29, 1.82) is 0 Å². The number of nitrogens with zero attached hydrogens (tertiary/aromatic N) is 3. The topological polar surface area (TPSA) is 94.7 Å². The SMILES string of the molecule is NC1=NC(c2cc(Nc3nccc4cc(OCCCl)cnc34)ccc2F)(C(F)F)COC1. The molecule has 1 unspecified atom stereocenters. The molecule has 3 aromatic rings. The minimum Gasteiger partial charge on any atom is -0.491 e. The number of hydrogen-bond donors (Lipinski definition) is 2. The summed E-state index contributed by atoms with van der Waals surface area (Å²) in [6.45, 7) is -0.243. The van der Waals surface area contributed by atoms with Crippen molar-refractivity contribution >= 4 is 39.8 Å². The van der Waals surface area contributed by atoms with E-state index in [1.54, 1.807) is 18.3 Å². The van der Waals surface area contributed by atoms with E-state index in [-0.39, 0.29) is 18.0 Å². The lowest BCUT2D eigenvalue weighted by atomic mass is 9.90. The van der Waals surface area contributed by atoms with Crippen LogP contribution in [-0.2, 0) is 10.3 Å². The van der Waals surface area contributed by atoms with Crippen LogP contribution in [0.5, 0.6) is 5.75 Å². The van der Waals surface area contributed by atoms with E-state index in [1.807, 2.05) is 0 Å². The van der Waals surface area contributed by atoms with Gasteiger partial charge in [-0.3, -0.25) is 4.99 Å². The van der Waals surface area contributed by atoms with Gasteiger partial charge in [0, 0.05) is 22.8 Å². The van der Waals surface area contributed by atoms with Gasteiger partial charge in [0.05, 0.1) is 18.7 Å². The molecule has 1 aliphatic rings. The predicted molar refractivity (Wildman–Crippen MR) is 116 cm³/mol. The first-order valence-corrected chi connectivity index (χ1v) is 10.2. The van der Waals surface area contributed by atoms with Gasteiger partial charge in [0.25, 0.3) is 6.43 Å². The number of benzene rings is 1. The van der Waals surface area contributed by atoms with E-state index >= 15 is 0 Å². The zero-order valence-corrected chi connectivity index (χ0v) is 17.5. The second kappa shape index (κ2) is 9.17. The van der Waals surface area contributed by atoms with Gasteiger partial charge < -0.3 is 20.5 Å². The molecule has 2 aromatic heterocycles. The summed E-state index contributed by atoms with van der Waals surface area (Å²) < 4.78 is 53.4. The Morgan fingerprint density at radius 3 is 2.84 bits per heavy atom. The molecule has 11 heteroatoms. The fourth-order valence-electron chi connectivity index (χ4n) is 3.44. The molecule has 32 heavy (non-hydrogen) atoms. The quantitative estimate of drug-likeness (QED) is 0.513. The lowest BCUT2D eigenvalue weighted by molar-refractivity contribution is -0.0145. The molecule has 3 N–H and O–H groups in total. The Kier molecular flexibility index (Phi) is 6.33. The van der Waals surface area contributed by atoms with E-state index in [9.17, 15) is 13.2 Å². The highest BCUT2D eigenvalue weighted by molar-refractivity contribution is 6.18. The molecule has 0 fully saturated rings. The number of aromatic nitrogens is 2. The first-order valence-electron chi connectivity index (χ1n) is 9.63. The molecule has 0 radical (unpaired) electrons. The van der Waals surface area contributed by atoms with Gasteiger partial charge >= 0.3 is 0 Å². The molecule has 1 aromatic carbocycles. The van der Waals surface area contributed by atoms with Crippen LogP contribution in [0.4, 0.5) is 24.7 Å². The fourth-order valence-corrected chi connectivity index (χ4v) is 3.51. The Balaban J connectivity index is 1.70. The summed E-state index contributed by atoms with van der Waals surface area (Å²) in [4.78, 5) is 12.5. The third kappa shape index (κ3) is 4.28. The maximum Gasteiger partial charge on any atom is 0.269 e. The van der Waals surface area contributed by atoms with E-state index < -0.39 is 24.4 Å². The second-order valence-electron chi connectivity index (χ2n) is 7.08. The lowest BCUT2D eigenvalue weighted by Crippen LogP contribution is -2.45. The summed E-state index contributed by atoms with van der Waals surface area (Å²) in [6.07, 6.45) is 0.0540. The first-order chi connectivity index (χ1) is 15.4. The van der Waals surface area contributed by atoms with Crippen molar-refractivity contribution in [3.05, 3.63) is 54.1 Å². The van der Waals surface area contributed by atoms with Crippen LogP contribution in [0.3, 0.4) is 0 Å². The van der Waals surface area contributed by atoms with Gasteiger partial charge in [0.2, 0.25) is 0 Å².